The lowest BCUT2D eigenvalue weighted by Crippen LogP contribution is -2.45. The number of likely N-dealkylation sites (tertiary alicyclic amines) is 1. The van der Waals surface area contributed by atoms with E-state index in [0.717, 1.165) is 31.7 Å². The van der Waals surface area contributed by atoms with Crippen LogP contribution in [0.3, 0.4) is 0 Å². The Morgan fingerprint density at radius 3 is 2.38 bits per heavy atom. The van der Waals surface area contributed by atoms with Crippen molar-refractivity contribution in [1.29, 1.82) is 0 Å². The van der Waals surface area contributed by atoms with Gasteiger partial charge >= 0.3 is 6.09 Å². The summed E-state index contributed by atoms with van der Waals surface area (Å²) >= 11 is 0. The van der Waals surface area contributed by atoms with E-state index >= 15 is 0 Å². The van der Waals surface area contributed by atoms with Crippen LogP contribution >= 0.6 is 0 Å². The summed E-state index contributed by atoms with van der Waals surface area (Å²) in [5.41, 5.74) is -0.536. The van der Waals surface area contributed by atoms with E-state index in [1.54, 1.807) is 7.05 Å². The highest BCUT2D eigenvalue weighted by molar-refractivity contribution is 5.82. The minimum absolute atomic E-state index is 0.0571. The third-order valence-corrected chi connectivity index (χ3v) is 5.11. The van der Waals surface area contributed by atoms with Gasteiger partial charge in [0.15, 0.2) is 0 Å². The molecule has 0 N–H and O–H groups in total. The van der Waals surface area contributed by atoms with Gasteiger partial charge in [0.05, 0.1) is 0 Å². The Balaban J connectivity index is 1.84. The molecule has 0 aromatic heterocycles. The molecule has 1 unspecified atom stereocenters. The topological polar surface area (TPSA) is 49.9 Å². The number of amides is 2. The molecule has 0 radical (unpaired) electrons. The van der Waals surface area contributed by atoms with Crippen LogP contribution in [0.25, 0.3) is 0 Å². The van der Waals surface area contributed by atoms with Gasteiger partial charge in [0, 0.05) is 19.6 Å². The predicted octanol–water partition coefficient (Wildman–Crippen LogP) is 3.81. The first kappa shape index (κ1) is 19.1. The Kier molecular flexibility index (Phi) is 6.53. The van der Waals surface area contributed by atoms with Gasteiger partial charge in [-0.05, 0) is 46.0 Å². The zero-order chi connectivity index (χ0) is 17.7. The van der Waals surface area contributed by atoms with Gasteiger partial charge in [-0.15, -0.1) is 0 Å². The maximum atomic E-state index is 12.7. The monoisotopic (exact) mass is 338 g/mol. The van der Waals surface area contributed by atoms with Crippen molar-refractivity contribution in [2.24, 2.45) is 5.92 Å². The lowest BCUT2D eigenvalue weighted by Gasteiger charge is -2.31. The van der Waals surface area contributed by atoms with E-state index < -0.39 is 11.7 Å². The molecule has 2 rings (SSSR count). The molecule has 0 aromatic carbocycles. The highest BCUT2D eigenvalue weighted by atomic mass is 16.6. The summed E-state index contributed by atoms with van der Waals surface area (Å²) in [7, 11) is 1.64. The summed E-state index contributed by atoms with van der Waals surface area (Å²) < 4.78 is 5.33. The maximum absolute atomic E-state index is 12.7. The Morgan fingerprint density at radius 1 is 1.08 bits per heavy atom. The van der Waals surface area contributed by atoms with Crippen molar-refractivity contribution in [3.63, 3.8) is 0 Å². The third kappa shape index (κ3) is 5.67. The average Bonchev–Trinajstić information content (AvgIpc) is 2.94. The highest BCUT2D eigenvalue weighted by Gasteiger charge is 2.32. The van der Waals surface area contributed by atoms with E-state index in [1.807, 2.05) is 25.7 Å². The summed E-state index contributed by atoms with van der Waals surface area (Å²) in [6, 6.07) is 0.368. The van der Waals surface area contributed by atoms with E-state index in [-0.39, 0.29) is 12.5 Å². The maximum Gasteiger partial charge on any atom is 0.410 e. The Morgan fingerprint density at radius 2 is 1.75 bits per heavy atom. The van der Waals surface area contributed by atoms with Gasteiger partial charge < -0.3 is 14.5 Å². The van der Waals surface area contributed by atoms with Crippen LogP contribution in [0.15, 0.2) is 0 Å². The molecule has 1 aliphatic heterocycles. The van der Waals surface area contributed by atoms with Crippen molar-refractivity contribution < 1.29 is 14.3 Å². The Bertz CT molecular complexity index is 438. The van der Waals surface area contributed by atoms with Crippen LogP contribution < -0.4 is 0 Å². The normalized spacial score (nSPS) is 22.5. The van der Waals surface area contributed by atoms with Crippen LogP contribution in [0.1, 0.15) is 72.1 Å². The summed E-state index contributed by atoms with van der Waals surface area (Å²) in [5.74, 6) is 0.836. The molecule has 5 nitrogen and oxygen atoms in total. The lowest BCUT2D eigenvalue weighted by molar-refractivity contribution is -0.133. The van der Waals surface area contributed by atoms with Gasteiger partial charge in [-0.25, -0.2) is 4.79 Å². The standard InChI is InChI=1S/C19H34N2O3/c1-19(2,3)24-18(23)20(4)14-17(22)21-12-8-11-16(21)13-15-9-6-5-7-10-15/h15-16H,5-14H2,1-4H3. The van der Waals surface area contributed by atoms with Crippen LogP contribution in [-0.4, -0.2) is 53.6 Å². The smallest absolute Gasteiger partial charge is 0.410 e. The number of carbonyl (C=O) groups is 2. The van der Waals surface area contributed by atoms with Gasteiger partial charge in [0.25, 0.3) is 0 Å². The van der Waals surface area contributed by atoms with E-state index in [1.165, 1.54) is 37.0 Å². The zero-order valence-electron chi connectivity index (χ0n) is 15.8. The molecule has 2 amide bonds. The fourth-order valence-corrected chi connectivity index (χ4v) is 3.91. The summed E-state index contributed by atoms with van der Waals surface area (Å²) in [4.78, 5) is 28.1. The molecule has 5 heteroatoms. The lowest BCUT2D eigenvalue weighted by atomic mass is 9.84. The van der Waals surface area contributed by atoms with Crippen molar-refractivity contribution >= 4 is 12.0 Å². The number of carbonyl (C=O) groups excluding carboxylic acids is 2. The number of ether oxygens (including phenoxy) is 1. The molecule has 2 fully saturated rings. The SMILES string of the molecule is CN(CC(=O)N1CCCC1CC1CCCCC1)C(=O)OC(C)(C)C. The number of nitrogens with zero attached hydrogens (tertiary/aromatic N) is 2. The molecular weight excluding hydrogens is 304 g/mol. The second-order valence-corrected chi connectivity index (χ2v) is 8.46. The largest absolute Gasteiger partial charge is 0.444 e. The van der Waals surface area contributed by atoms with Crippen LogP contribution in [0, 0.1) is 5.92 Å². The quantitative estimate of drug-likeness (QED) is 0.783. The molecule has 1 saturated carbocycles. The van der Waals surface area contributed by atoms with E-state index in [9.17, 15) is 9.59 Å². The summed E-state index contributed by atoms with van der Waals surface area (Å²) in [6.45, 7) is 6.44. The fraction of sp³-hybridized carbons (Fsp3) is 0.895. The molecule has 2 aliphatic rings. The van der Waals surface area contributed by atoms with Gasteiger partial charge in [-0.1, -0.05) is 32.1 Å². The molecule has 1 heterocycles. The molecular formula is C19H34N2O3. The molecule has 1 saturated heterocycles. The first-order valence-corrected chi connectivity index (χ1v) is 9.50. The highest BCUT2D eigenvalue weighted by Crippen LogP contribution is 2.32. The van der Waals surface area contributed by atoms with Crippen molar-refractivity contribution in [3.05, 3.63) is 0 Å². The van der Waals surface area contributed by atoms with E-state index in [2.05, 4.69) is 0 Å². The van der Waals surface area contributed by atoms with Crippen molar-refractivity contribution in [1.82, 2.24) is 9.80 Å². The first-order valence-electron chi connectivity index (χ1n) is 9.50. The average molecular weight is 338 g/mol. The van der Waals surface area contributed by atoms with Crippen LogP contribution in [0.2, 0.25) is 0 Å². The molecule has 0 aromatic rings. The molecule has 1 atom stereocenters. The van der Waals surface area contributed by atoms with E-state index in [4.69, 9.17) is 4.74 Å². The zero-order valence-corrected chi connectivity index (χ0v) is 15.8. The van der Waals surface area contributed by atoms with Gasteiger partial charge in [0.1, 0.15) is 12.1 Å². The van der Waals surface area contributed by atoms with Crippen LogP contribution in [0.4, 0.5) is 4.79 Å². The number of hydrogen-bond donors (Lipinski definition) is 0. The molecule has 0 spiro atoms. The fourth-order valence-electron chi connectivity index (χ4n) is 3.91. The van der Waals surface area contributed by atoms with Crippen LogP contribution in [0.5, 0.6) is 0 Å². The Hall–Kier alpha value is -1.26. The van der Waals surface area contributed by atoms with Crippen molar-refractivity contribution in [2.75, 3.05) is 20.1 Å². The van der Waals surface area contributed by atoms with Gasteiger partial charge in [-0.3, -0.25) is 4.79 Å². The van der Waals surface area contributed by atoms with E-state index in [0.29, 0.717) is 6.04 Å². The van der Waals surface area contributed by atoms with Crippen molar-refractivity contribution in [2.45, 2.75) is 83.8 Å². The minimum atomic E-state index is -0.536. The molecule has 1 aliphatic carbocycles. The van der Waals surface area contributed by atoms with Gasteiger partial charge in [-0.2, -0.15) is 0 Å². The third-order valence-electron chi connectivity index (χ3n) is 5.11. The number of rotatable bonds is 4. The molecule has 24 heavy (non-hydrogen) atoms. The summed E-state index contributed by atoms with van der Waals surface area (Å²) in [5, 5.41) is 0. The number of likely N-dealkylation sites (N-methyl/N-ethyl adjacent to an activating group) is 1. The Labute approximate surface area is 146 Å². The number of hydrogen-bond acceptors (Lipinski definition) is 3. The second kappa shape index (κ2) is 8.21. The molecule has 138 valence electrons. The second-order valence-electron chi connectivity index (χ2n) is 8.46. The van der Waals surface area contributed by atoms with Gasteiger partial charge in [0.2, 0.25) is 5.91 Å². The first-order chi connectivity index (χ1) is 11.3. The minimum Gasteiger partial charge on any atom is -0.444 e. The van der Waals surface area contributed by atoms with Crippen molar-refractivity contribution in [3.8, 4) is 0 Å². The molecule has 0 bridgehead atoms. The summed E-state index contributed by atoms with van der Waals surface area (Å²) in [6.07, 6.45) is 9.58. The van der Waals surface area contributed by atoms with Crippen LogP contribution in [-0.2, 0) is 9.53 Å². The predicted molar refractivity (Wildman–Crippen MR) is 94.8 cm³/mol.